The summed E-state index contributed by atoms with van der Waals surface area (Å²) in [6, 6.07) is 0.0604. The van der Waals surface area contributed by atoms with E-state index in [1.807, 2.05) is 6.92 Å². The number of hydrogen-bond acceptors (Lipinski definition) is 3. The fourth-order valence-electron chi connectivity index (χ4n) is 1.64. The van der Waals surface area contributed by atoms with Crippen LogP contribution in [-0.4, -0.2) is 45.4 Å². The Morgan fingerprint density at radius 1 is 1.50 bits per heavy atom. The number of halogens is 1. The normalized spacial score (nSPS) is 26.5. The number of nitrogens with one attached hydrogen (secondary N) is 2. The van der Waals surface area contributed by atoms with Crippen LogP contribution >= 0.6 is 12.4 Å². The summed E-state index contributed by atoms with van der Waals surface area (Å²) in [5.74, 6) is 0.346. The van der Waals surface area contributed by atoms with Gasteiger partial charge in [-0.2, -0.15) is 17.4 Å². The zero-order valence-electron chi connectivity index (χ0n) is 10.1. The lowest BCUT2D eigenvalue weighted by atomic mass is 9.97. The topological polar surface area (TPSA) is 61.4 Å². The molecule has 1 heterocycles. The minimum atomic E-state index is -3.29. The van der Waals surface area contributed by atoms with Crippen molar-refractivity contribution in [2.45, 2.75) is 26.3 Å². The van der Waals surface area contributed by atoms with E-state index < -0.39 is 10.2 Å². The molecule has 2 N–H and O–H groups in total. The first-order chi connectivity index (χ1) is 6.97. The maximum absolute atomic E-state index is 11.8. The molecule has 1 aliphatic rings. The second-order valence-electron chi connectivity index (χ2n) is 4.11. The lowest BCUT2D eigenvalue weighted by Crippen LogP contribution is -2.51. The third kappa shape index (κ3) is 4.18. The van der Waals surface area contributed by atoms with Crippen LogP contribution in [-0.2, 0) is 10.2 Å². The molecule has 1 rings (SSSR count). The van der Waals surface area contributed by atoms with E-state index in [-0.39, 0.29) is 18.4 Å². The van der Waals surface area contributed by atoms with Crippen molar-refractivity contribution in [2.75, 3.05) is 26.7 Å². The van der Waals surface area contributed by atoms with E-state index in [1.165, 1.54) is 4.31 Å². The van der Waals surface area contributed by atoms with Crippen molar-refractivity contribution in [1.29, 1.82) is 0 Å². The summed E-state index contributed by atoms with van der Waals surface area (Å²) in [5.41, 5.74) is 0. The van der Waals surface area contributed by atoms with Gasteiger partial charge in [0.2, 0.25) is 0 Å². The standard InChI is InChI=1S/C9H21N3O2S.ClH/c1-4-12(3)15(13,14)11-9-5-6-10-7-8(9)2;/h8-11H,4-7H2,1-3H3;1H. The molecule has 1 fully saturated rings. The van der Waals surface area contributed by atoms with Gasteiger partial charge in [-0.1, -0.05) is 13.8 Å². The number of rotatable bonds is 4. The molecule has 2 atom stereocenters. The highest BCUT2D eigenvalue weighted by atomic mass is 35.5. The predicted molar refractivity (Wildman–Crippen MR) is 68.0 cm³/mol. The smallest absolute Gasteiger partial charge is 0.279 e. The summed E-state index contributed by atoms with van der Waals surface area (Å²) in [7, 11) is -1.70. The van der Waals surface area contributed by atoms with Gasteiger partial charge < -0.3 is 5.32 Å². The van der Waals surface area contributed by atoms with Gasteiger partial charge in [-0.25, -0.2) is 0 Å². The molecule has 1 saturated heterocycles. The van der Waals surface area contributed by atoms with Crippen LogP contribution in [0.2, 0.25) is 0 Å². The molecule has 0 radical (unpaired) electrons. The lowest BCUT2D eigenvalue weighted by Gasteiger charge is -2.31. The van der Waals surface area contributed by atoms with Gasteiger partial charge in [0, 0.05) is 19.6 Å². The third-order valence-electron chi connectivity index (χ3n) is 2.94. The second kappa shape index (κ2) is 6.76. The fraction of sp³-hybridized carbons (Fsp3) is 1.00. The zero-order chi connectivity index (χ0) is 11.5. The summed E-state index contributed by atoms with van der Waals surface area (Å²) in [4.78, 5) is 0. The highest BCUT2D eigenvalue weighted by molar-refractivity contribution is 7.87. The van der Waals surface area contributed by atoms with Crippen molar-refractivity contribution in [2.24, 2.45) is 5.92 Å². The van der Waals surface area contributed by atoms with E-state index in [9.17, 15) is 8.42 Å². The Kier molecular flexibility index (Phi) is 6.81. The highest BCUT2D eigenvalue weighted by Gasteiger charge is 2.27. The molecule has 98 valence electrons. The average Bonchev–Trinajstić information content (AvgIpc) is 2.20. The first-order valence-electron chi connectivity index (χ1n) is 5.41. The number of piperidine rings is 1. The van der Waals surface area contributed by atoms with Crippen molar-refractivity contribution < 1.29 is 8.42 Å². The summed E-state index contributed by atoms with van der Waals surface area (Å²) < 4.78 is 27.6. The molecule has 0 aromatic rings. The third-order valence-corrected chi connectivity index (χ3v) is 4.62. The van der Waals surface area contributed by atoms with E-state index in [2.05, 4.69) is 17.0 Å². The largest absolute Gasteiger partial charge is 0.316 e. The van der Waals surface area contributed by atoms with Gasteiger partial charge in [-0.15, -0.1) is 12.4 Å². The Hall–Kier alpha value is 0.120. The molecule has 16 heavy (non-hydrogen) atoms. The minimum absolute atomic E-state index is 0. The average molecular weight is 272 g/mol. The minimum Gasteiger partial charge on any atom is -0.316 e. The maximum Gasteiger partial charge on any atom is 0.279 e. The molecular formula is C9H22ClN3O2S. The predicted octanol–water partition coefficient (Wildman–Crippen LogP) is 0.192. The molecule has 2 unspecified atom stereocenters. The van der Waals surface area contributed by atoms with Crippen molar-refractivity contribution >= 4 is 22.6 Å². The molecule has 1 aliphatic heterocycles. The second-order valence-corrected chi connectivity index (χ2v) is 5.92. The molecular weight excluding hydrogens is 250 g/mol. The number of nitrogens with zero attached hydrogens (tertiary/aromatic N) is 1. The van der Waals surface area contributed by atoms with Crippen LogP contribution < -0.4 is 10.0 Å². The maximum atomic E-state index is 11.8. The molecule has 5 nitrogen and oxygen atoms in total. The van der Waals surface area contributed by atoms with E-state index in [4.69, 9.17) is 0 Å². The molecule has 0 spiro atoms. The van der Waals surface area contributed by atoms with Crippen molar-refractivity contribution in [1.82, 2.24) is 14.3 Å². The Morgan fingerprint density at radius 3 is 2.62 bits per heavy atom. The summed E-state index contributed by atoms with van der Waals surface area (Å²) >= 11 is 0. The van der Waals surface area contributed by atoms with E-state index in [0.29, 0.717) is 12.5 Å². The molecule has 0 aliphatic carbocycles. The number of hydrogen-bond donors (Lipinski definition) is 2. The summed E-state index contributed by atoms with van der Waals surface area (Å²) in [5, 5.41) is 3.25. The van der Waals surface area contributed by atoms with Gasteiger partial charge in [0.1, 0.15) is 0 Å². The van der Waals surface area contributed by atoms with Crippen LogP contribution in [0.25, 0.3) is 0 Å². The van der Waals surface area contributed by atoms with Gasteiger partial charge in [0.05, 0.1) is 0 Å². The van der Waals surface area contributed by atoms with Gasteiger partial charge >= 0.3 is 0 Å². The first-order valence-corrected chi connectivity index (χ1v) is 6.85. The lowest BCUT2D eigenvalue weighted by molar-refractivity contribution is 0.321. The monoisotopic (exact) mass is 271 g/mol. The molecule has 0 aromatic carbocycles. The Bertz CT molecular complexity index is 297. The van der Waals surface area contributed by atoms with Crippen molar-refractivity contribution in [3.05, 3.63) is 0 Å². The van der Waals surface area contributed by atoms with Crippen molar-refractivity contribution in [3.8, 4) is 0 Å². The van der Waals surface area contributed by atoms with E-state index in [1.54, 1.807) is 7.05 Å². The summed E-state index contributed by atoms with van der Waals surface area (Å²) in [6.45, 7) is 6.14. The van der Waals surface area contributed by atoms with Crippen LogP contribution in [0.15, 0.2) is 0 Å². The van der Waals surface area contributed by atoms with Crippen LogP contribution in [0.1, 0.15) is 20.3 Å². The van der Waals surface area contributed by atoms with Crippen LogP contribution in [0, 0.1) is 5.92 Å². The zero-order valence-corrected chi connectivity index (χ0v) is 11.7. The SMILES string of the molecule is CCN(C)S(=O)(=O)NC1CCNCC1C.Cl. The molecule has 0 saturated carbocycles. The van der Waals surface area contributed by atoms with Gasteiger partial charge in [0.25, 0.3) is 10.2 Å². The van der Waals surface area contributed by atoms with E-state index >= 15 is 0 Å². The van der Waals surface area contributed by atoms with Gasteiger partial charge in [-0.05, 0) is 25.4 Å². The Morgan fingerprint density at radius 2 is 2.12 bits per heavy atom. The van der Waals surface area contributed by atoms with Gasteiger partial charge in [-0.3, -0.25) is 0 Å². The first kappa shape index (κ1) is 16.1. The summed E-state index contributed by atoms with van der Waals surface area (Å²) in [6.07, 6.45) is 0.859. The van der Waals surface area contributed by atoms with Crippen LogP contribution in [0.5, 0.6) is 0 Å². The quantitative estimate of drug-likeness (QED) is 0.768. The van der Waals surface area contributed by atoms with Crippen LogP contribution in [0.3, 0.4) is 0 Å². The highest BCUT2D eigenvalue weighted by Crippen LogP contribution is 2.12. The fourth-order valence-corrected chi connectivity index (χ4v) is 2.89. The van der Waals surface area contributed by atoms with Gasteiger partial charge in [0.15, 0.2) is 0 Å². The van der Waals surface area contributed by atoms with Crippen LogP contribution in [0.4, 0.5) is 0 Å². The molecule has 0 aromatic heterocycles. The van der Waals surface area contributed by atoms with E-state index in [0.717, 1.165) is 19.5 Å². The molecule has 0 bridgehead atoms. The molecule has 0 amide bonds. The molecule has 7 heteroatoms. The Labute approximate surface area is 105 Å². The van der Waals surface area contributed by atoms with Crippen molar-refractivity contribution in [3.63, 3.8) is 0 Å². The Balaban J connectivity index is 0.00000225.